The number of nitrogens with zero attached hydrogens (tertiary/aromatic N) is 3. The van der Waals surface area contributed by atoms with Crippen molar-refractivity contribution >= 4 is 120 Å². The van der Waals surface area contributed by atoms with Crippen LogP contribution in [-0.2, 0) is 89.5 Å². The minimum atomic E-state index is -3.11. The number of amides is 6. The maximum absolute atomic E-state index is 11.6. The molecule has 378 valence electrons. The van der Waals surface area contributed by atoms with Crippen LogP contribution in [0.1, 0.15) is 120 Å². The van der Waals surface area contributed by atoms with E-state index < -0.39 is 85.2 Å². The number of hydroxylamine groups is 6. The van der Waals surface area contributed by atoms with Gasteiger partial charge in [-0.3, -0.25) is 33.6 Å². The third-order valence-corrected chi connectivity index (χ3v) is 10.7. The predicted octanol–water partition coefficient (Wildman–Crippen LogP) is -6.84. The van der Waals surface area contributed by atoms with Gasteiger partial charge in [-0.05, 0) is 40.8 Å². The number of thioether (sulfide) groups is 3. The van der Waals surface area contributed by atoms with Gasteiger partial charge < -0.3 is 28.9 Å². The molecule has 3 fully saturated rings. The molecule has 0 spiro atoms. The van der Waals surface area contributed by atoms with Gasteiger partial charge in [-0.2, -0.15) is 35.3 Å². The Morgan fingerprint density at radius 1 is 0.551 bits per heavy atom. The molecule has 0 radical (unpaired) electrons. The van der Waals surface area contributed by atoms with E-state index in [1.165, 1.54) is 19.3 Å². The summed E-state index contributed by atoms with van der Waals surface area (Å²) < 4.78 is 76.0. The van der Waals surface area contributed by atoms with Crippen molar-refractivity contribution in [2.75, 3.05) is 5.75 Å². The zero-order valence-corrected chi connectivity index (χ0v) is 51.4. The van der Waals surface area contributed by atoms with E-state index in [1.807, 2.05) is 6.92 Å². The van der Waals surface area contributed by atoms with E-state index in [4.69, 9.17) is 52.4 Å². The molecule has 33 heteroatoms. The summed E-state index contributed by atoms with van der Waals surface area (Å²) in [5.41, 5.74) is 0. The van der Waals surface area contributed by atoms with Crippen LogP contribution in [0.2, 0.25) is 0 Å². The Kier molecular flexibility index (Phi) is 50.1. The molecular formula is C36H54N3Na3O21S6. The molecule has 0 N–H and O–H groups in total. The summed E-state index contributed by atoms with van der Waals surface area (Å²) in [5.74, 6) is -3.90. The summed E-state index contributed by atoms with van der Waals surface area (Å²) in [7, 11) is -9.33. The molecule has 3 aliphatic rings. The largest absolute Gasteiger partial charge is 1.00 e. The van der Waals surface area contributed by atoms with Gasteiger partial charge in [0.15, 0.2) is 0 Å². The zero-order valence-electron chi connectivity index (χ0n) is 40.5. The van der Waals surface area contributed by atoms with Gasteiger partial charge in [0.25, 0.3) is 0 Å². The molecule has 3 heterocycles. The van der Waals surface area contributed by atoms with Crippen LogP contribution in [0.3, 0.4) is 0 Å². The van der Waals surface area contributed by atoms with Gasteiger partial charge in [0, 0.05) is 29.3 Å². The first-order valence-electron chi connectivity index (χ1n) is 19.3. The summed E-state index contributed by atoms with van der Waals surface area (Å²) in [5, 5.41) is 3.48. The molecular weight excluding hydrogens is 1070 g/mol. The van der Waals surface area contributed by atoms with Crippen LogP contribution in [0.4, 0.5) is 0 Å². The van der Waals surface area contributed by atoms with E-state index in [0.29, 0.717) is 55.5 Å². The molecule has 69 heavy (non-hydrogen) atoms. The molecule has 0 aliphatic carbocycles. The van der Waals surface area contributed by atoms with Crippen molar-refractivity contribution in [2.45, 2.75) is 146 Å². The second-order valence-corrected chi connectivity index (χ2v) is 21.5. The van der Waals surface area contributed by atoms with Crippen LogP contribution in [0.5, 0.6) is 0 Å². The maximum atomic E-state index is 11.6. The summed E-state index contributed by atoms with van der Waals surface area (Å²) in [6.45, 7) is 18.7. The SMILES string of the molecule is CC(C)SC(C)(C)CCC(=O)ON1C(=O)[CH-]CC1=O.CC(C)SC(C)CCC(=O)ON1C(=O)[CH-]CC1=O.CC(C)SCCCC(=O)ON1C(=O)[CH-]CC1=O.O=S(=O)=O.O=S(=O)=O.O=S(=O)=O.[Na+].[Na+].[Na+]. The van der Waals surface area contributed by atoms with E-state index >= 15 is 0 Å². The molecule has 0 aromatic heterocycles. The quantitative estimate of drug-likeness (QED) is 0.0533. The Morgan fingerprint density at radius 2 is 0.870 bits per heavy atom. The molecule has 0 aromatic carbocycles. The minimum absolute atomic E-state index is 0. The number of hydrogen-bond acceptors (Lipinski definition) is 24. The third-order valence-electron chi connectivity index (χ3n) is 6.94. The molecule has 3 rings (SSSR count). The zero-order chi connectivity index (χ0) is 51.9. The first-order chi connectivity index (χ1) is 30.3. The fourth-order valence-corrected chi connectivity index (χ4v) is 8.07. The van der Waals surface area contributed by atoms with Gasteiger partial charge in [0.2, 0.25) is 17.7 Å². The van der Waals surface area contributed by atoms with Crippen LogP contribution in [0.15, 0.2) is 0 Å². The fourth-order valence-electron chi connectivity index (χ4n) is 4.61. The first kappa shape index (κ1) is 78.8. The van der Waals surface area contributed by atoms with Gasteiger partial charge in [0.1, 0.15) is 17.7 Å². The standard InChI is InChI=1S/C13H20NO4S.C12H18NO4S.C11H16NO4S.3Na.3O3S/c1-9(2)19-13(3,4)8-7-12(17)18-14-10(15)5-6-11(14)16;1-8(2)18-9(3)4-7-12(16)17-13-10(14)5-6-11(13)15;1-8(2)17-7-3-4-11(15)16-12-9(13)5-6-10(12)14;;;;3*1-4(2)3/h5,9H,6-8H2,1-4H3;5,8-9H,4,6-7H2,1-3H3;5,8H,3-4,6-7H2,1-2H3;;;;;;/q3*-1;3*+1;;;. The Balaban J connectivity index is -0.000000189. The molecule has 0 aromatic rings. The Bertz CT molecular complexity index is 1890. The Hall–Kier alpha value is -1.65. The Morgan fingerprint density at radius 3 is 1.14 bits per heavy atom. The van der Waals surface area contributed by atoms with Crippen molar-refractivity contribution in [3.63, 3.8) is 0 Å². The summed E-state index contributed by atoms with van der Waals surface area (Å²) in [4.78, 5) is 116. The third kappa shape index (κ3) is 47.1. The molecule has 0 saturated carbocycles. The van der Waals surface area contributed by atoms with Gasteiger partial charge in [-0.1, -0.05) is 81.6 Å². The summed E-state index contributed by atoms with van der Waals surface area (Å²) >= 11 is 5.32. The van der Waals surface area contributed by atoms with Crippen molar-refractivity contribution in [3.8, 4) is 0 Å². The van der Waals surface area contributed by atoms with E-state index in [-0.39, 0.29) is 132 Å². The topological polar surface area (TPSA) is 345 Å². The van der Waals surface area contributed by atoms with Crippen LogP contribution < -0.4 is 88.7 Å². The number of carbonyl (C=O) groups excluding carboxylic acids is 9. The van der Waals surface area contributed by atoms with Gasteiger partial charge in [-0.25, -0.2) is 14.4 Å². The van der Waals surface area contributed by atoms with Crippen LogP contribution in [0, 0.1) is 19.3 Å². The van der Waals surface area contributed by atoms with E-state index in [1.54, 1.807) is 35.3 Å². The second-order valence-electron chi connectivity index (χ2n) is 14.3. The summed E-state index contributed by atoms with van der Waals surface area (Å²) in [6, 6.07) is 0. The molecule has 3 saturated heterocycles. The van der Waals surface area contributed by atoms with Crippen LogP contribution in [-0.4, -0.2) is 138 Å². The summed E-state index contributed by atoms with van der Waals surface area (Å²) in [6.07, 6.45) is 6.21. The Labute approximate surface area is 485 Å². The maximum Gasteiger partial charge on any atom is 1.00 e. The van der Waals surface area contributed by atoms with Gasteiger partial charge in [0.05, 0.1) is 0 Å². The normalized spacial score (nSPS) is 13.7. The monoisotopic (exact) mass is 1130 g/mol. The van der Waals surface area contributed by atoms with Gasteiger partial charge >= 0.3 is 138 Å². The molecule has 1 unspecified atom stereocenters. The van der Waals surface area contributed by atoms with Crippen molar-refractivity contribution in [1.82, 2.24) is 15.2 Å². The van der Waals surface area contributed by atoms with Crippen LogP contribution in [0.25, 0.3) is 0 Å². The molecule has 3 aliphatic heterocycles. The first-order valence-corrected chi connectivity index (χ1v) is 25.2. The average Bonchev–Trinajstić information content (AvgIpc) is 3.77. The number of rotatable bonds is 18. The predicted molar refractivity (Wildman–Crippen MR) is 234 cm³/mol. The van der Waals surface area contributed by atoms with Crippen molar-refractivity contribution in [3.05, 3.63) is 19.3 Å². The number of hydrogen-bond donors (Lipinski definition) is 0. The van der Waals surface area contributed by atoms with Crippen molar-refractivity contribution in [1.29, 1.82) is 0 Å². The van der Waals surface area contributed by atoms with E-state index in [2.05, 4.69) is 55.4 Å². The van der Waals surface area contributed by atoms with Crippen molar-refractivity contribution in [2.24, 2.45) is 0 Å². The fraction of sp³-hybridized carbons (Fsp3) is 0.667. The average molecular weight is 1130 g/mol. The van der Waals surface area contributed by atoms with Crippen molar-refractivity contribution < 1.29 is 184 Å². The molecule has 0 bridgehead atoms. The minimum Gasteiger partial charge on any atom is -0.333 e. The second kappa shape index (κ2) is 43.9. The van der Waals surface area contributed by atoms with E-state index in [9.17, 15) is 43.2 Å². The molecule has 6 amide bonds. The molecule has 24 nitrogen and oxygen atoms in total. The van der Waals surface area contributed by atoms with Gasteiger partial charge in [-0.15, -0.1) is 53.1 Å². The smallest absolute Gasteiger partial charge is 0.333 e. The molecule has 1 atom stereocenters. The number of imide groups is 3. The van der Waals surface area contributed by atoms with Crippen LogP contribution >= 0.6 is 35.3 Å². The van der Waals surface area contributed by atoms with E-state index in [0.717, 1.165) is 5.75 Å². The number of carbonyl (C=O) groups is 9.